The monoisotopic (exact) mass is 353 g/mol. The predicted octanol–water partition coefficient (Wildman–Crippen LogP) is 1.84. The lowest BCUT2D eigenvalue weighted by atomic mass is 10.2. The molecular formula is C18H19N5O3. The minimum absolute atomic E-state index is 0.0246. The van der Waals surface area contributed by atoms with E-state index in [2.05, 4.69) is 15.1 Å². The average molecular weight is 353 g/mol. The standard InChI is InChI=1S/C18H19N5O3/c1-12-20-17(26-21-12)15-7-4-9-23(15)16(24)8-10-22-11-19-14-6-3-2-5-13(14)18(22)25/h2-3,5-6,11,15H,4,7-10H2,1H3. The molecule has 0 N–H and O–H groups in total. The third-order valence-electron chi connectivity index (χ3n) is 4.70. The molecule has 3 heterocycles. The highest BCUT2D eigenvalue weighted by Gasteiger charge is 2.33. The van der Waals surface area contributed by atoms with Gasteiger partial charge in [-0.2, -0.15) is 4.98 Å². The average Bonchev–Trinajstić information content (AvgIpc) is 3.30. The molecule has 0 saturated carbocycles. The fourth-order valence-corrected chi connectivity index (χ4v) is 3.40. The summed E-state index contributed by atoms with van der Waals surface area (Å²) in [7, 11) is 0. The van der Waals surface area contributed by atoms with Gasteiger partial charge in [-0.15, -0.1) is 0 Å². The first-order valence-electron chi connectivity index (χ1n) is 8.67. The summed E-state index contributed by atoms with van der Waals surface area (Å²) in [4.78, 5) is 35.5. The molecule has 1 aliphatic heterocycles. The van der Waals surface area contributed by atoms with Crippen molar-refractivity contribution < 1.29 is 9.32 Å². The number of hydrogen-bond donors (Lipinski definition) is 0. The van der Waals surface area contributed by atoms with E-state index in [0.717, 1.165) is 12.8 Å². The lowest BCUT2D eigenvalue weighted by molar-refractivity contribution is -0.132. The molecular weight excluding hydrogens is 334 g/mol. The first-order chi connectivity index (χ1) is 12.6. The number of rotatable bonds is 4. The van der Waals surface area contributed by atoms with Gasteiger partial charge in [-0.25, -0.2) is 4.98 Å². The Kier molecular flexibility index (Phi) is 4.24. The first-order valence-corrected chi connectivity index (χ1v) is 8.67. The van der Waals surface area contributed by atoms with Gasteiger partial charge in [-0.1, -0.05) is 17.3 Å². The lowest BCUT2D eigenvalue weighted by Crippen LogP contribution is -2.32. The van der Waals surface area contributed by atoms with E-state index in [1.54, 1.807) is 24.0 Å². The van der Waals surface area contributed by atoms with Crippen molar-refractivity contribution in [2.75, 3.05) is 6.54 Å². The molecule has 0 radical (unpaired) electrons. The molecule has 2 aromatic heterocycles. The van der Waals surface area contributed by atoms with Crippen molar-refractivity contribution in [1.82, 2.24) is 24.6 Å². The molecule has 0 aliphatic carbocycles. The van der Waals surface area contributed by atoms with E-state index in [1.807, 2.05) is 12.1 Å². The Morgan fingerprint density at radius 2 is 2.19 bits per heavy atom. The Morgan fingerprint density at radius 3 is 3.00 bits per heavy atom. The highest BCUT2D eigenvalue weighted by atomic mass is 16.5. The Balaban J connectivity index is 1.48. The van der Waals surface area contributed by atoms with Crippen LogP contribution in [0, 0.1) is 6.92 Å². The summed E-state index contributed by atoms with van der Waals surface area (Å²) in [5, 5.41) is 4.37. The summed E-state index contributed by atoms with van der Waals surface area (Å²) in [6.07, 6.45) is 3.44. The molecule has 134 valence electrons. The van der Waals surface area contributed by atoms with Gasteiger partial charge in [0.2, 0.25) is 11.8 Å². The minimum atomic E-state index is -0.171. The van der Waals surface area contributed by atoms with Crippen LogP contribution >= 0.6 is 0 Å². The van der Waals surface area contributed by atoms with Crippen LogP contribution in [-0.4, -0.2) is 37.0 Å². The summed E-state index contributed by atoms with van der Waals surface area (Å²) in [6, 6.07) is 7.03. The van der Waals surface area contributed by atoms with Crippen LogP contribution < -0.4 is 5.56 Å². The lowest BCUT2D eigenvalue weighted by Gasteiger charge is -2.22. The molecule has 1 amide bonds. The van der Waals surface area contributed by atoms with E-state index < -0.39 is 0 Å². The summed E-state index contributed by atoms with van der Waals surface area (Å²) in [5.74, 6) is 1.02. The number of amides is 1. The maximum Gasteiger partial charge on any atom is 0.261 e. The molecule has 26 heavy (non-hydrogen) atoms. The third kappa shape index (κ3) is 2.98. The maximum atomic E-state index is 12.7. The van der Waals surface area contributed by atoms with E-state index in [4.69, 9.17) is 4.52 Å². The molecule has 4 rings (SSSR count). The Morgan fingerprint density at radius 1 is 1.35 bits per heavy atom. The van der Waals surface area contributed by atoms with Crippen LogP contribution in [0.25, 0.3) is 10.9 Å². The van der Waals surface area contributed by atoms with Gasteiger partial charge in [0.1, 0.15) is 6.04 Å². The zero-order valence-corrected chi connectivity index (χ0v) is 14.5. The smallest absolute Gasteiger partial charge is 0.261 e. The molecule has 8 nitrogen and oxygen atoms in total. The second-order valence-corrected chi connectivity index (χ2v) is 6.44. The van der Waals surface area contributed by atoms with Crippen molar-refractivity contribution in [2.24, 2.45) is 0 Å². The second kappa shape index (κ2) is 6.70. The van der Waals surface area contributed by atoms with E-state index in [1.165, 1.54) is 10.9 Å². The van der Waals surface area contributed by atoms with Crippen molar-refractivity contribution in [1.29, 1.82) is 0 Å². The maximum absolute atomic E-state index is 12.7. The number of nitrogens with zero attached hydrogens (tertiary/aromatic N) is 5. The molecule has 1 atom stereocenters. The Labute approximate surface area is 149 Å². The number of aryl methyl sites for hydroxylation is 2. The molecule has 0 bridgehead atoms. The molecule has 1 aliphatic rings. The van der Waals surface area contributed by atoms with Crippen molar-refractivity contribution in [3.05, 3.63) is 52.7 Å². The molecule has 1 unspecified atom stereocenters. The molecule has 1 fully saturated rings. The summed E-state index contributed by atoms with van der Waals surface area (Å²) < 4.78 is 6.73. The van der Waals surface area contributed by atoms with Crippen molar-refractivity contribution in [3.63, 3.8) is 0 Å². The van der Waals surface area contributed by atoms with Gasteiger partial charge < -0.3 is 9.42 Å². The van der Waals surface area contributed by atoms with E-state index in [0.29, 0.717) is 35.7 Å². The van der Waals surface area contributed by atoms with Crippen molar-refractivity contribution in [2.45, 2.75) is 38.8 Å². The second-order valence-electron chi connectivity index (χ2n) is 6.44. The highest BCUT2D eigenvalue weighted by Crippen LogP contribution is 2.31. The van der Waals surface area contributed by atoms with Crippen LogP contribution in [0.1, 0.15) is 37.0 Å². The number of carbonyl (C=O) groups is 1. The number of carbonyl (C=O) groups excluding carboxylic acids is 1. The van der Waals surface area contributed by atoms with Gasteiger partial charge in [0.05, 0.1) is 17.2 Å². The van der Waals surface area contributed by atoms with Gasteiger partial charge >= 0.3 is 0 Å². The summed E-state index contributed by atoms with van der Waals surface area (Å²) >= 11 is 0. The van der Waals surface area contributed by atoms with Gasteiger partial charge in [0.25, 0.3) is 5.56 Å². The molecule has 3 aromatic rings. The fraction of sp³-hybridized carbons (Fsp3) is 0.389. The Bertz CT molecular complexity index is 1010. The normalized spacial score (nSPS) is 17.1. The largest absolute Gasteiger partial charge is 0.337 e. The molecule has 8 heteroatoms. The minimum Gasteiger partial charge on any atom is -0.337 e. The van der Waals surface area contributed by atoms with Crippen LogP contribution in [0.5, 0.6) is 0 Å². The topological polar surface area (TPSA) is 94.1 Å². The number of aromatic nitrogens is 4. The number of benzene rings is 1. The van der Waals surface area contributed by atoms with Crippen LogP contribution in [0.4, 0.5) is 0 Å². The number of para-hydroxylation sites is 1. The quantitative estimate of drug-likeness (QED) is 0.710. The van der Waals surface area contributed by atoms with E-state index in [9.17, 15) is 9.59 Å². The SMILES string of the molecule is Cc1noc(C2CCCN2C(=O)CCn2cnc3ccccc3c2=O)n1. The zero-order valence-electron chi connectivity index (χ0n) is 14.5. The zero-order chi connectivity index (χ0) is 18.1. The molecule has 0 spiro atoms. The van der Waals surface area contributed by atoms with Gasteiger partial charge in [0.15, 0.2) is 5.82 Å². The van der Waals surface area contributed by atoms with Crippen LogP contribution in [0.15, 0.2) is 39.9 Å². The summed E-state index contributed by atoms with van der Waals surface area (Å²) in [6.45, 7) is 2.71. The number of hydrogen-bond acceptors (Lipinski definition) is 6. The van der Waals surface area contributed by atoms with E-state index in [-0.39, 0.29) is 23.9 Å². The van der Waals surface area contributed by atoms with Crippen molar-refractivity contribution >= 4 is 16.8 Å². The predicted molar refractivity (Wildman–Crippen MR) is 93.3 cm³/mol. The van der Waals surface area contributed by atoms with Crippen LogP contribution in [-0.2, 0) is 11.3 Å². The first kappa shape index (κ1) is 16.4. The summed E-state index contributed by atoms with van der Waals surface area (Å²) in [5.41, 5.74) is 0.528. The fourth-order valence-electron chi connectivity index (χ4n) is 3.40. The number of fused-ring (bicyclic) bond motifs is 1. The van der Waals surface area contributed by atoms with Crippen LogP contribution in [0.3, 0.4) is 0 Å². The highest BCUT2D eigenvalue weighted by molar-refractivity contribution is 5.78. The number of likely N-dealkylation sites (tertiary alicyclic amines) is 1. The molecule has 1 saturated heterocycles. The van der Waals surface area contributed by atoms with Crippen LogP contribution in [0.2, 0.25) is 0 Å². The van der Waals surface area contributed by atoms with Gasteiger partial charge in [0, 0.05) is 19.5 Å². The van der Waals surface area contributed by atoms with E-state index >= 15 is 0 Å². The molecule has 1 aromatic carbocycles. The van der Waals surface area contributed by atoms with Gasteiger partial charge in [-0.05, 0) is 31.9 Å². The van der Waals surface area contributed by atoms with Crippen molar-refractivity contribution in [3.8, 4) is 0 Å². The third-order valence-corrected chi connectivity index (χ3v) is 4.70. The van der Waals surface area contributed by atoms with Gasteiger partial charge in [-0.3, -0.25) is 14.2 Å². The Hall–Kier alpha value is -3.03.